The van der Waals surface area contributed by atoms with Gasteiger partial charge in [-0.25, -0.2) is 13.8 Å². The summed E-state index contributed by atoms with van der Waals surface area (Å²) in [5.74, 6) is -2.63. The first-order valence-electron chi connectivity index (χ1n) is 7.45. The Bertz CT molecular complexity index is 1090. The molecule has 2 N–H and O–H groups in total. The average molecular weight is 355 g/mol. The first-order chi connectivity index (χ1) is 12.5. The molecule has 2 aromatic heterocycles. The van der Waals surface area contributed by atoms with Crippen molar-refractivity contribution in [2.75, 3.05) is 0 Å². The molecule has 0 aliphatic heterocycles. The van der Waals surface area contributed by atoms with E-state index in [1.807, 2.05) is 6.07 Å². The summed E-state index contributed by atoms with van der Waals surface area (Å²) in [6, 6.07) is 5.15. The van der Waals surface area contributed by atoms with Crippen LogP contribution in [0.3, 0.4) is 0 Å². The van der Waals surface area contributed by atoms with Gasteiger partial charge in [0.05, 0.1) is 36.6 Å². The van der Waals surface area contributed by atoms with Gasteiger partial charge in [0.15, 0.2) is 17.3 Å². The number of pyridine rings is 1. The summed E-state index contributed by atoms with van der Waals surface area (Å²) in [6.45, 7) is 0.0476. The molecule has 0 radical (unpaired) electrons. The molecule has 0 saturated carbocycles. The maximum Gasteiger partial charge on any atom is 0.252 e. The molecule has 2 heterocycles. The van der Waals surface area contributed by atoms with E-state index in [2.05, 4.69) is 20.3 Å². The molecule has 0 aliphatic carbocycles. The van der Waals surface area contributed by atoms with E-state index in [9.17, 15) is 18.4 Å². The van der Waals surface area contributed by atoms with Crippen molar-refractivity contribution < 1.29 is 13.6 Å². The van der Waals surface area contributed by atoms with Gasteiger partial charge in [0, 0.05) is 10.9 Å². The number of halogens is 2. The molecule has 0 spiro atoms. The van der Waals surface area contributed by atoms with Crippen LogP contribution in [0.1, 0.15) is 17.0 Å². The Kier molecular flexibility index (Phi) is 4.66. The summed E-state index contributed by atoms with van der Waals surface area (Å²) in [4.78, 5) is 34.2. The van der Waals surface area contributed by atoms with Crippen LogP contribution in [-0.2, 0) is 17.8 Å². The lowest BCUT2D eigenvalue weighted by Crippen LogP contribution is -2.28. The van der Waals surface area contributed by atoms with Gasteiger partial charge in [0.2, 0.25) is 5.91 Å². The third kappa shape index (κ3) is 3.54. The Morgan fingerprint density at radius 3 is 2.77 bits per heavy atom. The normalized spacial score (nSPS) is 10.5. The van der Waals surface area contributed by atoms with Gasteiger partial charge in [-0.15, -0.1) is 0 Å². The third-order valence-electron chi connectivity index (χ3n) is 3.63. The molecule has 3 aromatic rings. The van der Waals surface area contributed by atoms with Crippen LogP contribution in [0, 0.1) is 23.0 Å². The fraction of sp³-hybridized carbons (Fsp3) is 0.118. The van der Waals surface area contributed by atoms with E-state index in [1.54, 1.807) is 0 Å². The van der Waals surface area contributed by atoms with Crippen LogP contribution in [0.2, 0.25) is 0 Å². The fourth-order valence-electron chi connectivity index (χ4n) is 2.32. The largest absolute Gasteiger partial charge is 0.350 e. The standard InChI is InChI=1S/C17H11F2N5O2/c18-13-1-2-14-12(16(13)19)3-9(17(26)24-14)4-15(25)23-8-11-7-21-10(5-20)6-22-11/h1-3,6-7H,4,8H2,(H,23,25)(H,24,26). The fourth-order valence-corrected chi connectivity index (χ4v) is 2.32. The minimum Gasteiger partial charge on any atom is -0.350 e. The zero-order valence-electron chi connectivity index (χ0n) is 13.2. The van der Waals surface area contributed by atoms with Crippen LogP contribution < -0.4 is 10.9 Å². The number of nitrogens with zero attached hydrogens (tertiary/aromatic N) is 3. The second-order valence-corrected chi connectivity index (χ2v) is 5.40. The summed E-state index contributed by atoms with van der Waals surface area (Å²) in [7, 11) is 0. The van der Waals surface area contributed by atoms with Gasteiger partial charge in [-0.1, -0.05) is 0 Å². The number of nitrogens with one attached hydrogen (secondary N) is 2. The number of benzene rings is 1. The SMILES string of the molecule is N#Cc1cnc(CNC(=O)Cc2cc3c(F)c(F)ccc3[nH]c2=O)cn1. The predicted octanol–water partition coefficient (Wildman–Crippen LogP) is 1.33. The molecule has 0 aliphatic rings. The summed E-state index contributed by atoms with van der Waals surface area (Å²) in [5, 5.41) is 11.1. The van der Waals surface area contributed by atoms with E-state index in [1.165, 1.54) is 18.5 Å². The minimum atomic E-state index is -1.09. The van der Waals surface area contributed by atoms with Gasteiger partial charge in [0.1, 0.15) is 6.07 Å². The minimum absolute atomic E-state index is 0.00501. The van der Waals surface area contributed by atoms with Crippen molar-refractivity contribution in [2.24, 2.45) is 0 Å². The number of fused-ring (bicyclic) bond motifs is 1. The second-order valence-electron chi connectivity index (χ2n) is 5.40. The summed E-state index contributed by atoms with van der Waals surface area (Å²) < 4.78 is 27.2. The van der Waals surface area contributed by atoms with Crippen molar-refractivity contribution in [2.45, 2.75) is 13.0 Å². The van der Waals surface area contributed by atoms with Crippen LogP contribution in [0.15, 0.2) is 35.4 Å². The highest BCUT2D eigenvalue weighted by molar-refractivity contribution is 5.83. The number of H-pyrrole nitrogens is 1. The Labute approximate surface area is 145 Å². The lowest BCUT2D eigenvalue weighted by atomic mass is 10.1. The Morgan fingerprint density at radius 1 is 1.27 bits per heavy atom. The summed E-state index contributed by atoms with van der Waals surface area (Å²) in [6.07, 6.45) is 2.30. The number of amides is 1. The van der Waals surface area contributed by atoms with Crippen LogP contribution in [0.4, 0.5) is 8.78 Å². The zero-order valence-corrected chi connectivity index (χ0v) is 13.2. The maximum atomic E-state index is 13.8. The van der Waals surface area contributed by atoms with Gasteiger partial charge in [-0.05, 0) is 18.2 Å². The van der Waals surface area contributed by atoms with E-state index in [0.717, 1.165) is 12.1 Å². The van der Waals surface area contributed by atoms with E-state index >= 15 is 0 Å². The molecule has 1 amide bonds. The summed E-state index contributed by atoms with van der Waals surface area (Å²) >= 11 is 0. The van der Waals surface area contributed by atoms with Crippen molar-refractivity contribution >= 4 is 16.8 Å². The van der Waals surface area contributed by atoms with Crippen molar-refractivity contribution in [3.63, 3.8) is 0 Å². The first kappa shape index (κ1) is 17.2. The van der Waals surface area contributed by atoms with Crippen molar-refractivity contribution in [1.82, 2.24) is 20.3 Å². The van der Waals surface area contributed by atoms with Gasteiger partial charge >= 0.3 is 0 Å². The molecule has 7 nitrogen and oxygen atoms in total. The maximum absolute atomic E-state index is 13.8. The van der Waals surface area contributed by atoms with Gasteiger partial charge in [0.25, 0.3) is 5.56 Å². The molecule has 0 saturated heterocycles. The van der Waals surface area contributed by atoms with Crippen molar-refractivity contribution in [3.05, 3.63) is 69.5 Å². The molecular formula is C17H11F2N5O2. The van der Waals surface area contributed by atoms with E-state index in [4.69, 9.17) is 5.26 Å². The van der Waals surface area contributed by atoms with Crippen molar-refractivity contribution in [3.8, 4) is 6.07 Å². The highest BCUT2D eigenvalue weighted by Crippen LogP contribution is 2.18. The van der Waals surface area contributed by atoms with Crippen LogP contribution in [0.5, 0.6) is 0 Å². The molecule has 0 unspecified atom stereocenters. The molecule has 130 valence electrons. The molecule has 9 heteroatoms. The number of aromatic nitrogens is 3. The molecule has 3 rings (SSSR count). The highest BCUT2D eigenvalue weighted by Gasteiger charge is 2.13. The molecule has 0 fully saturated rings. The van der Waals surface area contributed by atoms with Gasteiger partial charge < -0.3 is 10.3 Å². The number of hydrogen-bond acceptors (Lipinski definition) is 5. The lowest BCUT2D eigenvalue weighted by molar-refractivity contribution is -0.120. The molecule has 0 bridgehead atoms. The third-order valence-corrected chi connectivity index (χ3v) is 3.63. The van der Waals surface area contributed by atoms with Crippen molar-refractivity contribution in [1.29, 1.82) is 5.26 Å². The Balaban J connectivity index is 1.74. The predicted molar refractivity (Wildman–Crippen MR) is 86.8 cm³/mol. The van der Waals surface area contributed by atoms with E-state index in [-0.39, 0.29) is 35.1 Å². The summed E-state index contributed by atoms with van der Waals surface area (Å²) in [5.41, 5.74) is 0.170. The molecule has 26 heavy (non-hydrogen) atoms. The number of nitriles is 1. The Morgan fingerprint density at radius 2 is 2.08 bits per heavy atom. The lowest BCUT2D eigenvalue weighted by Gasteiger charge is -2.06. The van der Waals surface area contributed by atoms with Crippen LogP contribution in [0.25, 0.3) is 10.9 Å². The van der Waals surface area contributed by atoms with Gasteiger partial charge in [-0.2, -0.15) is 5.26 Å². The van der Waals surface area contributed by atoms with E-state index < -0.39 is 23.1 Å². The smallest absolute Gasteiger partial charge is 0.252 e. The molecule has 0 atom stereocenters. The highest BCUT2D eigenvalue weighted by atomic mass is 19.2. The average Bonchev–Trinajstić information content (AvgIpc) is 2.65. The number of rotatable bonds is 4. The van der Waals surface area contributed by atoms with Crippen LogP contribution >= 0.6 is 0 Å². The first-order valence-corrected chi connectivity index (χ1v) is 7.45. The topological polar surface area (TPSA) is 112 Å². The number of aromatic amines is 1. The Hall–Kier alpha value is -3.67. The van der Waals surface area contributed by atoms with E-state index in [0.29, 0.717) is 5.69 Å². The quantitative estimate of drug-likeness (QED) is 0.733. The second kappa shape index (κ2) is 7.06. The zero-order chi connectivity index (χ0) is 18.7. The van der Waals surface area contributed by atoms with Crippen LogP contribution in [-0.4, -0.2) is 20.9 Å². The van der Waals surface area contributed by atoms with Gasteiger partial charge in [-0.3, -0.25) is 14.6 Å². The molecular weight excluding hydrogens is 344 g/mol. The monoisotopic (exact) mass is 355 g/mol. The number of carbonyl (C=O) groups excluding carboxylic acids is 1. The molecule has 1 aromatic carbocycles. The number of carbonyl (C=O) groups is 1. The number of hydrogen-bond donors (Lipinski definition) is 2.